The van der Waals surface area contributed by atoms with Gasteiger partial charge in [-0.3, -0.25) is 0 Å². The molecular formula is C19H20N2O2. The molecule has 0 aliphatic carbocycles. The SMILES string of the molecule is COc1cc(-c2nccn2C)ccc1OCc1ccc(C)cc1. The number of ether oxygens (including phenoxy) is 2. The monoisotopic (exact) mass is 308 g/mol. The third-order valence-electron chi connectivity index (χ3n) is 3.76. The molecule has 0 radical (unpaired) electrons. The van der Waals surface area contributed by atoms with Crippen LogP contribution in [0, 0.1) is 6.92 Å². The molecular weight excluding hydrogens is 288 g/mol. The Kier molecular flexibility index (Phi) is 4.33. The van der Waals surface area contributed by atoms with E-state index in [0.717, 1.165) is 22.7 Å². The average molecular weight is 308 g/mol. The average Bonchev–Trinajstić information content (AvgIpc) is 3.00. The highest BCUT2D eigenvalue weighted by Gasteiger charge is 2.10. The number of nitrogens with zero attached hydrogens (tertiary/aromatic N) is 2. The molecule has 0 saturated carbocycles. The predicted molar refractivity (Wildman–Crippen MR) is 90.7 cm³/mol. The summed E-state index contributed by atoms with van der Waals surface area (Å²) in [5, 5.41) is 0. The van der Waals surface area contributed by atoms with Crippen molar-refractivity contribution >= 4 is 0 Å². The number of hydrogen-bond acceptors (Lipinski definition) is 3. The van der Waals surface area contributed by atoms with Crippen LogP contribution in [0.1, 0.15) is 11.1 Å². The number of aromatic nitrogens is 2. The first-order chi connectivity index (χ1) is 11.2. The van der Waals surface area contributed by atoms with Crippen molar-refractivity contribution in [2.45, 2.75) is 13.5 Å². The third kappa shape index (κ3) is 3.37. The van der Waals surface area contributed by atoms with Crippen molar-refractivity contribution in [1.29, 1.82) is 0 Å². The normalized spacial score (nSPS) is 10.6. The van der Waals surface area contributed by atoms with Gasteiger partial charge in [-0.25, -0.2) is 4.98 Å². The number of imidazole rings is 1. The van der Waals surface area contributed by atoms with Crippen LogP contribution in [0.2, 0.25) is 0 Å². The van der Waals surface area contributed by atoms with Crippen LogP contribution in [0.5, 0.6) is 11.5 Å². The summed E-state index contributed by atoms with van der Waals surface area (Å²) >= 11 is 0. The smallest absolute Gasteiger partial charge is 0.161 e. The van der Waals surface area contributed by atoms with Crippen LogP contribution in [-0.4, -0.2) is 16.7 Å². The van der Waals surface area contributed by atoms with Gasteiger partial charge in [0, 0.05) is 25.0 Å². The minimum atomic E-state index is 0.512. The molecule has 23 heavy (non-hydrogen) atoms. The van der Waals surface area contributed by atoms with E-state index in [-0.39, 0.29) is 0 Å². The molecule has 3 aromatic rings. The fourth-order valence-electron chi connectivity index (χ4n) is 2.42. The zero-order valence-corrected chi connectivity index (χ0v) is 13.6. The molecule has 4 nitrogen and oxygen atoms in total. The van der Waals surface area contributed by atoms with Gasteiger partial charge in [-0.15, -0.1) is 0 Å². The van der Waals surface area contributed by atoms with E-state index in [2.05, 4.69) is 36.2 Å². The molecule has 1 heterocycles. The Labute approximate surface area is 136 Å². The molecule has 4 heteroatoms. The maximum absolute atomic E-state index is 5.90. The summed E-state index contributed by atoms with van der Waals surface area (Å²) < 4.78 is 13.3. The van der Waals surface area contributed by atoms with E-state index in [4.69, 9.17) is 9.47 Å². The summed E-state index contributed by atoms with van der Waals surface area (Å²) in [7, 11) is 3.62. The van der Waals surface area contributed by atoms with Crippen molar-refractivity contribution in [3.05, 3.63) is 66.0 Å². The Morgan fingerprint density at radius 2 is 1.83 bits per heavy atom. The van der Waals surface area contributed by atoms with Crippen molar-refractivity contribution in [3.8, 4) is 22.9 Å². The second-order valence-electron chi connectivity index (χ2n) is 5.50. The van der Waals surface area contributed by atoms with E-state index in [0.29, 0.717) is 12.4 Å². The van der Waals surface area contributed by atoms with Crippen LogP contribution in [-0.2, 0) is 13.7 Å². The topological polar surface area (TPSA) is 36.3 Å². The van der Waals surface area contributed by atoms with Crippen molar-refractivity contribution in [1.82, 2.24) is 9.55 Å². The molecule has 0 aliphatic rings. The highest BCUT2D eigenvalue weighted by atomic mass is 16.5. The Morgan fingerprint density at radius 3 is 2.48 bits per heavy atom. The van der Waals surface area contributed by atoms with E-state index in [1.54, 1.807) is 13.3 Å². The highest BCUT2D eigenvalue weighted by molar-refractivity contribution is 5.61. The van der Waals surface area contributed by atoms with Crippen molar-refractivity contribution in [2.75, 3.05) is 7.11 Å². The van der Waals surface area contributed by atoms with Gasteiger partial charge in [0.25, 0.3) is 0 Å². The maximum Gasteiger partial charge on any atom is 0.161 e. The van der Waals surface area contributed by atoms with Crippen molar-refractivity contribution in [3.63, 3.8) is 0 Å². The fourth-order valence-corrected chi connectivity index (χ4v) is 2.42. The van der Waals surface area contributed by atoms with E-state index in [9.17, 15) is 0 Å². The lowest BCUT2D eigenvalue weighted by Gasteiger charge is -2.12. The molecule has 2 aromatic carbocycles. The van der Waals surface area contributed by atoms with Crippen LogP contribution in [0.25, 0.3) is 11.4 Å². The van der Waals surface area contributed by atoms with E-state index < -0.39 is 0 Å². The zero-order chi connectivity index (χ0) is 16.2. The molecule has 3 rings (SSSR count). The molecule has 118 valence electrons. The maximum atomic E-state index is 5.90. The summed E-state index contributed by atoms with van der Waals surface area (Å²) in [6.07, 6.45) is 3.70. The van der Waals surface area contributed by atoms with Gasteiger partial charge in [0.15, 0.2) is 11.5 Å². The Bertz CT molecular complexity index is 791. The van der Waals surface area contributed by atoms with E-state index >= 15 is 0 Å². The lowest BCUT2D eigenvalue weighted by atomic mass is 10.1. The van der Waals surface area contributed by atoms with Gasteiger partial charge in [-0.1, -0.05) is 29.8 Å². The molecule has 0 saturated heterocycles. The summed E-state index contributed by atoms with van der Waals surface area (Å²) in [5.74, 6) is 2.33. The Balaban J connectivity index is 1.80. The van der Waals surface area contributed by atoms with Gasteiger partial charge in [0.1, 0.15) is 12.4 Å². The van der Waals surface area contributed by atoms with Crippen LogP contribution < -0.4 is 9.47 Å². The predicted octanol–water partition coefficient (Wildman–Crippen LogP) is 3.98. The molecule has 0 atom stereocenters. The van der Waals surface area contributed by atoms with Crippen LogP contribution >= 0.6 is 0 Å². The Hall–Kier alpha value is -2.75. The zero-order valence-electron chi connectivity index (χ0n) is 13.6. The molecule has 0 unspecified atom stereocenters. The lowest BCUT2D eigenvalue weighted by Crippen LogP contribution is -1.99. The lowest BCUT2D eigenvalue weighted by molar-refractivity contribution is 0.284. The van der Waals surface area contributed by atoms with E-state index in [1.807, 2.05) is 36.0 Å². The number of methoxy groups -OCH3 is 1. The highest BCUT2D eigenvalue weighted by Crippen LogP contribution is 2.32. The fraction of sp³-hybridized carbons (Fsp3) is 0.211. The first-order valence-corrected chi connectivity index (χ1v) is 7.51. The van der Waals surface area contributed by atoms with Gasteiger partial charge >= 0.3 is 0 Å². The number of hydrogen-bond donors (Lipinski definition) is 0. The number of aryl methyl sites for hydroxylation is 2. The van der Waals surface area contributed by atoms with Gasteiger partial charge in [0.2, 0.25) is 0 Å². The molecule has 0 bridgehead atoms. The van der Waals surface area contributed by atoms with Gasteiger partial charge in [-0.2, -0.15) is 0 Å². The molecule has 0 amide bonds. The van der Waals surface area contributed by atoms with Crippen LogP contribution in [0.3, 0.4) is 0 Å². The first-order valence-electron chi connectivity index (χ1n) is 7.51. The molecule has 0 spiro atoms. The van der Waals surface area contributed by atoms with Gasteiger partial charge in [0.05, 0.1) is 7.11 Å². The summed E-state index contributed by atoms with van der Waals surface area (Å²) in [6, 6.07) is 14.2. The summed E-state index contributed by atoms with van der Waals surface area (Å²) in [4.78, 5) is 4.36. The van der Waals surface area contributed by atoms with Crippen LogP contribution in [0.4, 0.5) is 0 Å². The third-order valence-corrected chi connectivity index (χ3v) is 3.76. The largest absolute Gasteiger partial charge is 0.493 e. The molecule has 0 N–H and O–H groups in total. The quantitative estimate of drug-likeness (QED) is 0.715. The van der Waals surface area contributed by atoms with Crippen molar-refractivity contribution in [2.24, 2.45) is 7.05 Å². The van der Waals surface area contributed by atoms with Gasteiger partial charge in [-0.05, 0) is 30.7 Å². The molecule has 0 fully saturated rings. The summed E-state index contributed by atoms with van der Waals surface area (Å²) in [5.41, 5.74) is 3.37. The molecule has 1 aromatic heterocycles. The minimum Gasteiger partial charge on any atom is -0.493 e. The number of benzene rings is 2. The second-order valence-corrected chi connectivity index (χ2v) is 5.50. The van der Waals surface area contributed by atoms with Crippen molar-refractivity contribution < 1.29 is 9.47 Å². The van der Waals surface area contributed by atoms with Crippen LogP contribution in [0.15, 0.2) is 54.9 Å². The first kappa shape index (κ1) is 15.2. The second kappa shape index (κ2) is 6.57. The standard InChI is InChI=1S/C19H20N2O2/c1-14-4-6-15(7-5-14)13-23-17-9-8-16(12-18(17)22-3)19-20-10-11-21(19)2/h4-12H,13H2,1-3H3. The minimum absolute atomic E-state index is 0.512. The summed E-state index contributed by atoms with van der Waals surface area (Å²) in [6.45, 7) is 2.59. The van der Waals surface area contributed by atoms with E-state index in [1.165, 1.54) is 5.56 Å². The molecule has 0 aliphatic heterocycles. The Morgan fingerprint density at radius 1 is 1.04 bits per heavy atom. The van der Waals surface area contributed by atoms with Gasteiger partial charge < -0.3 is 14.0 Å². The number of rotatable bonds is 5.